The zero-order valence-corrected chi connectivity index (χ0v) is 20.8. The number of hydrogen-bond acceptors (Lipinski definition) is 5. The first-order valence-electron chi connectivity index (χ1n) is 11.0. The Morgan fingerprint density at radius 2 is 1.66 bits per heavy atom. The smallest absolute Gasteiger partial charge is 0.345 e. The summed E-state index contributed by atoms with van der Waals surface area (Å²) in [6, 6.07) is 21.4. The fraction of sp³-hybridized carbons (Fsp3) is 0.148. The Hall–Kier alpha value is -3.91. The van der Waals surface area contributed by atoms with Gasteiger partial charge in [-0.25, -0.2) is 9.59 Å². The minimum atomic E-state index is -0.633. The zero-order valence-electron chi connectivity index (χ0n) is 19.2. The number of carbonyl (C=O) groups excluding carboxylic acids is 3. The summed E-state index contributed by atoms with van der Waals surface area (Å²) in [7, 11) is 0. The third-order valence-electron chi connectivity index (χ3n) is 5.42. The number of nitrogens with zero attached hydrogens (tertiary/aromatic N) is 1. The molecule has 0 spiro atoms. The molecule has 1 heterocycles. The summed E-state index contributed by atoms with van der Waals surface area (Å²) < 4.78 is 12.9. The van der Waals surface area contributed by atoms with Crippen LogP contribution in [0.2, 0.25) is 0 Å². The number of amides is 1. The molecule has 0 bridgehead atoms. The number of esters is 2. The number of rotatable bonds is 7. The number of nitrogens with one attached hydrogen (secondary N) is 1. The molecular weight excluding hydrogens is 512 g/mol. The molecule has 4 aromatic rings. The number of aromatic nitrogens is 1. The second-order valence-electron chi connectivity index (χ2n) is 7.65. The van der Waals surface area contributed by atoms with Gasteiger partial charge in [-0.15, -0.1) is 0 Å². The molecule has 0 radical (unpaired) electrons. The van der Waals surface area contributed by atoms with Crippen LogP contribution in [0.4, 0.5) is 5.69 Å². The number of carbonyl (C=O) groups is 3. The van der Waals surface area contributed by atoms with Crippen LogP contribution in [-0.4, -0.2) is 34.3 Å². The number of halogens is 1. The molecule has 0 saturated carbocycles. The molecule has 0 unspecified atom stereocenters. The lowest BCUT2D eigenvalue weighted by molar-refractivity contribution is -0.113. The van der Waals surface area contributed by atoms with Crippen molar-refractivity contribution in [2.45, 2.75) is 13.8 Å². The van der Waals surface area contributed by atoms with E-state index in [1.54, 1.807) is 49.4 Å². The van der Waals surface area contributed by atoms with Gasteiger partial charge in [0.2, 0.25) is 5.91 Å². The molecule has 4 rings (SSSR count). The van der Waals surface area contributed by atoms with Gasteiger partial charge in [0, 0.05) is 16.8 Å². The van der Waals surface area contributed by atoms with Crippen LogP contribution in [0, 0.1) is 6.92 Å². The highest BCUT2D eigenvalue weighted by atomic mass is 79.9. The maximum atomic E-state index is 13.0. The van der Waals surface area contributed by atoms with E-state index in [9.17, 15) is 14.4 Å². The molecule has 178 valence electrons. The summed E-state index contributed by atoms with van der Waals surface area (Å²) in [4.78, 5) is 37.7. The van der Waals surface area contributed by atoms with Gasteiger partial charge in [-0.2, -0.15) is 0 Å². The molecule has 1 aromatic heterocycles. The Kier molecular flexibility index (Phi) is 7.31. The van der Waals surface area contributed by atoms with Gasteiger partial charge >= 0.3 is 11.9 Å². The van der Waals surface area contributed by atoms with Crippen molar-refractivity contribution in [1.29, 1.82) is 0 Å². The summed E-state index contributed by atoms with van der Waals surface area (Å²) in [5.41, 5.74) is 3.37. The highest BCUT2D eigenvalue weighted by molar-refractivity contribution is 9.09. The third-order valence-corrected chi connectivity index (χ3v) is 5.93. The maximum Gasteiger partial charge on any atom is 0.345 e. The Morgan fingerprint density at radius 3 is 2.37 bits per heavy atom. The van der Waals surface area contributed by atoms with Gasteiger partial charge in [0.25, 0.3) is 0 Å². The number of fused-ring (bicyclic) bond motifs is 1. The Labute approximate surface area is 210 Å². The minimum absolute atomic E-state index is 0.0987. The van der Waals surface area contributed by atoms with E-state index in [1.807, 2.05) is 41.8 Å². The van der Waals surface area contributed by atoms with Crippen molar-refractivity contribution in [2.24, 2.45) is 0 Å². The second kappa shape index (κ2) is 10.6. The van der Waals surface area contributed by atoms with Crippen molar-refractivity contribution in [3.63, 3.8) is 0 Å². The molecule has 0 aliphatic heterocycles. The monoisotopic (exact) mass is 534 g/mol. The van der Waals surface area contributed by atoms with Crippen molar-refractivity contribution in [3.05, 3.63) is 89.6 Å². The standard InChI is InChI=1S/C27H23BrN2O5/c1-3-34-27(33)25-17(2)30(18-9-5-4-6-10-18)23-14-13-19(15-21(23)25)35-26(32)20-11-7-8-12-22(20)29-24(31)16-28/h4-15H,3,16H2,1-2H3,(H,29,31). The van der Waals surface area contributed by atoms with Crippen LogP contribution in [0.25, 0.3) is 16.6 Å². The highest BCUT2D eigenvalue weighted by Gasteiger charge is 2.23. The van der Waals surface area contributed by atoms with Crippen molar-refractivity contribution in [2.75, 3.05) is 17.3 Å². The Bertz CT molecular complexity index is 1410. The van der Waals surface area contributed by atoms with Crippen LogP contribution in [0.3, 0.4) is 0 Å². The van der Waals surface area contributed by atoms with Crippen LogP contribution in [-0.2, 0) is 9.53 Å². The fourth-order valence-corrected chi connectivity index (χ4v) is 4.09. The van der Waals surface area contributed by atoms with E-state index in [4.69, 9.17) is 9.47 Å². The number of hydrogen-bond donors (Lipinski definition) is 1. The van der Waals surface area contributed by atoms with Crippen molar-refractivity contribution in [3.8, 4) is 11.4 Å². The first-order valence-corrected chi connectivity index (χ1v) is 12.1. The highest BCUT2D eigenvalue weighted by Crippen LogP contribution is 2.33. The molecule has 7 nitrogen and oxygen atoms in total. The molecule has 0 fully saturated rings. The normalized spacial score (nSPS) is 10.7. The number of alkyl halides is 1. The lowest BCUT2D eigenvalue weighted by atomic mass is 10.1. The molecule has 1 N–H and O–H groups in total. The van der Waals surface area contributed by atoms with E-state index in [-0.39, 0.29) is 29.2 Å². The molecule has 1 amide bonds. The predicted octanol–water partition coefficient (Wildman–Crippen LogP) is 5.67. The third kappa shape index (κ3) is 4.97. The van der Waals surface area contributed by atoms with Gasteiger partial charge in [-0.3, -0.25) is 4.79 Å². The topological polar surface area (TPSA) is 86.6 Å². The van der Waals surface area contributed by atoms with Crippen LogP contribution < -0.4 is 10.1 Å². The Balaban J connectivity index is 1.76. The summed E-state index contributed by atoms with van der Waals surface area (Å²) in [6.45, 7) is 3.85. The van der Waals surface area contributed by atoms with E-state index < -0.39 is 11.9 Å². The average Bonchev–Trinajstić information content (AvgIpc) is 3.15. The van der Waals surface area contributed by atoms with E-state index in [2.05, 4.69) is 21.2 Å². The van der Waals surface area contributed by atoms with Crippen molar-refractivity contribution >= 4 is 50.4 Å². The van der Waals surface area contributed by atoms with Crippen LogP contribution >= 0.6 is 15.9 Å². The van der Waals surface area contributed by atoms with Crippen LogP contribution in [0.15, 0.2) is 72.8 Å². The van der Waals surface area contributed by atoms with Gasteiger partial charge in [-0.1, -0.05) is 46.3 Å². The van der Waals surface area contributed by atoms with Crippen LogP contribution in [0.1, 0.15) is 33.3 Å². The summed E-state index contributed by atoms with van der Waals surface area (Å²) in [5, 5.41) is 3.38. The van der Waals surface area contributed by atoms with Crippen molar-refractivity contribution in [1.82, 2.24) is 4.57 Å². The summed E-state index contributed by atoms with van der Waals surface area (Å²) in [6.07, 6.45) is 0. The van der Waals surface area contributed by atoms with E-state index in [1.165, 1.54) is 0 Å². The lowest BCUT2D eigenvalue weighted by Gasteiger charge is -2.11. The number of benzene rings is 3. The molecule has 0 aliphatic carbocycles. The fourth-order valence-electron chi connectivity index (χ4n) is 3.95. The summed E-state index contributed by atoms with van der Waals surface area (Å²) >= 11 is 3.10. The molecule has 3 aromatic carbocycles. The van der Waals surface area contributed by atoms with Gasteiger partial charge in [0.15, 0.2) is 0 Å². The van der Waals surface area contributed by atoms with Gasteiger partial charge in [-0.05, 0) is 56.3 Å². The van der Waals surface area contributed by atoms with Gasteiger partial charge in [0.1, 0.15) is 5.75 Å². The molecular formula is C27H23BrN2O5. The maximum absolute atomic E-state index is 13.0. The van der Waals surface area contributed by atoms with E-state index in [0.717, 1.165) is 16.9 Å². The Morgan fingerprint density at radius 1 is 0.943 bits per heavy atom. The first-order chi connectivity index (χ1) is 16.9. The number of ether oxygens (including phenoxy) is 2. The van der Waals surface area contributed by atoms with Gasteiger partial charge in [0.05, 0.1) is 34.3 Å². The lowest BCUT2D eigenvalue weighted by Crippen LogP contribution is -2.17. The minimum Gasteiger partial charge on any atom is -0.462 e. The average molecular weight is 535 g/mol. The van der Waals surface area contributed by atoms with Crippen LogP contribution in [0.5, 0.6) is 5.75 Å². The number of anilines is 1. The molecule has 35 heavy (non-hydrogen) atoms. The zero-order chi connectivity index (χ0) is 24.9. The molecule has 0 atom stereocenters. The van der Waals surface area contributed by atoms with E-state index >= 15 is 0 Å². The van der Waals surface area contributed by atoms with Crippen molar-refractivity contribution < 1.29 is 23.9 Å². The molecule has 0 aliphatic rings. The summed E-state index contributed by atoms with van der Waals surface area (Å²) in [5.74, 6) is -1.11. The quantitative estimate of drug-likeness (QED) is 0.187. The second-order valence-corrected chi connectivity index (χ2v) is 8.21. The SMILES string of the molecule is CCOC(=O)c1c(C)n(-c2ccccc2)c2ccc(OC(=O)c3ccccc3NC(=O)CBr)cc12. The largest absolute Gasteiger partial charge is 0.462 e. The molecule has 8 heteroatoms. The predicted molar refractivity (Wildman–Crippen MR) is 138 cm³/mol. The number of para-hydroxylation sites is 2. The first kappa shape index (κ1) is 24.2. The molecule has 0 saturated heterocycles. The van der Waals surface area contributed by atoms with E-state index in [0.29, 0.717) is 16.6 Å². The van der Waals surface area contributed by atoms with Gasteiger partial charge < -0.3 is 19.4 Å².